The van der Waals surface area contributed by atoms with Crippen LogP contribution < -0.4 is 9.64 Å². The first-order valence-corrected chi connectivity index (χ1v) is 5.38. The number of ether oxygens (including phenoxy) is 1. The number of carboxylic acids is 1. The van der Waals surface area contributed by atoms with Gasteiger partial charge in [0.1, 0.15) is 5.75 Å². The lowest BCUT2D eigenvalue weighted by Crippen LogP contribution is -2.18. The third kappa shape index (κ3) is 2.10. The zero-order valence-corrected chi connectivity index (χ0v) is 9.27. The highest BCUT2D eigenvalue weighted by molar-refractivity contribution is 5.89. The normalized spacial score (nSPS) is 15.2. The second-order valence-electron chi connectivity index (χ2n) is 3.92. The summed E-state index contributed by atoms with van der Waals surface area (Å²) < 4.78 is 5.12. The number of methoxy groups -OCH3 is 1. The molecule has 1 heterocycles. The van der Waals surface area contributed by atoms with Crippen molar-refractivity contribution in [2.24, 2.45) is 0 Å². The topological polar surface area (TPSA) is 49.8 Å². The molecule has 1 aliphatic heterocycles. The van der Waals surface area contributed by atoms with E-state index in [9.17, 15) is 4.79 Å². The fourth-order valence-corrected chi connectivity index (χ4v) is 1.98. The lowest BCUT2D eigenvalue weighted by atomic mass is 10.1. The standard InChI is InChI=1S/C12H15NO3/c1-16-11-7-9(12(14)15)6-10(8-11)13-4-2-3-5-13/h6-8H,2-5H2,1H3,(H,14,15). The van der Waals surface area contributed by atoms with Crippen molar-refractivity contribution in [1.29, 1.82) is 0 Å². The second kappa shape index (κ2) is 4.43. The van der Waals surface area contributed by atoms with E-state index in [4.69, 9.17) is 9.84 Å². The van der Waals surface area contributed by atoms with E-state index in [2.05, 4.69) is 4.90 Å². The van der Waals surface area contributed by atoms with Gasteiger partial charge in [-0.25, -0.2) is 4.79 Å². The van der Waals surface area contributed by atoms with Crippen LogP contribution in [0.4, 0.5) is 5.69 Å². The van der Waals surface area contributed by atoms with Gasteiger partial charge in [0.15, 0.2) is 0 Å². The summed E-state index contributed by atoms with van der Waals surface area (Å²) in [5.74, 6) is -0.318. The number of aromatic carboxylic acids is 1. The van der Waals surface area contributed by atoms with Crippen molar-refractivity contribution in [2.75, 3.05) is 25.1 Å². The van der Waals surface area contributed by atoms with Crippen molar-refractivity contribution in [3.63, 3.8) is 0 Å². The van der Waals surface area contributed by atoms with Crippen LogP contribution in [0.1, 0.15) is 23.2 Å². The minimum atomic E-state index is -0.917. The smallest absolute Gasteiger partial charge is 0.335 e. The van der Waals surface area contributed by atoms with Crippen molar-refractivity contribution in [3.05, 3.63) is 23.8 Å². The van der Waals surface area contributed by atoms with Crippen LogP contribution in [0.15, 0.2) is 18.2 Å². The minimum Gasteiger partial charge on any atom is -0.497 e. The molecule has 0 spiro atoms. The van der Waals surface area contributed by atoms with Crippen LogP contribution in [0.2, 0.25) is 0 Å². The van der Waals surface area contributed by atoms with Crippen molar-refractivity contribution in [2.45, 2.75) is 12.8 Å². The Morgan fingerprint density at radius 1 is 1.31 bits per heavy atom. The van der Waals surface area contributed by atoms with E-state index in [1.807, 2.05) is 6.07 Å². The Bertz CT molecular complexity index is 397. The van der Waals surface area contributed by atoms with Crippen LogP contribution in [-0.4, -0.2) is 31.3 Å². The van der Waals surface area contributed by atoms with Crippen molar-refractivity contribution >= 4 is 11.7 Å². The van der Waals surface area contributed by atoms with Gasteiger partial charge in [0.25, 0.3) is 0 Å². The number of carboxylic acid groups (broad SMARTS) is 1. The summed E-state index contributed by atoms with van der Waals surface area (Å²) in [6.07, 6.45) is 2.33. The highest BCUT2D eigenvalue weighted by atomic mass is 16.5. The van der Waals surface area contributed by atoms with Gasteiger partial charge in [0.2, 0.25) is 0 Å². The van der Waals surface area contributed by atoms with Gasteiger partial charge in [-0.2, -0.15) is 0 Å². The molecule has 1 N–H and O–H groups in total. The van der Waals surface area contributed by atoms with Gasteiger partial charge >= 0.3 is 5.97 Å². The van der Waals surface area contributed by atoms with Gasteiger partial charge in [0.05, 0.1) is 12.7 Å². The first kappa shape index (κ1) is 10.8. The van der Waals surface area contributed by atoms with Crippen LogP contribution >= 0.6 is 0 Å². The lowest BCUT2D eigenvalue weighted by molar-refractivity contribution is 0.0696. The molecular formula is C12H15NO3. The van der Waals surface area contributed by atoms with Crippen molar-refractivity contribution in [1.82, 2.24) is 0 Å². The van der Waals surface area contributed by atoms with Crippen LogP contribution in [0, 0.1) is 0 Å². The van der Waals surface area contributed by atoms with E-state index in [0.29, 0.717) is 5.75 Å². The molecule has 1 aromatic rings. The molecule has 0 atom stereocenters. The van der Waals surface area contributed by atoms with Gasteiger partial charge in [-0.1, -0.05) is 0 Å². The number of nitrogens with zero attached hydrogens (tertiary/aromatic N) is 1. The first-order chi connectivity index (χ1) is 7.70. The van der Waals surface area contributed by atoms with Crippen LogP contribution in [-0.2, 0) is 0 Å². The summed E-state index contributed by atoms with van der Waals surface area (Å²) >= 11 is 0. The van der Waals surface area contributed by atoms with E-state index in [0.717, 1.165) is 18.8 Å². The Morgan fingerprint density at radius 3 is 2.56 bits per heavy atom. The number of hydrogen-bond donors (Lipinski definition) is 1. The molecule has 1 fully saturated rings. The molecule has 1 aromatic carbocycles. The molecule has 1 aliphatic rings. The highest BCUT2D eigenvalue weighted by Crippen LogP contribution is 2.26. The van der Waals surface area contributed by atoms with Crippen LogP contribution in [0.3, 0.4) is 0 Å². The van der Waals surface area contributed by atoms with Crippen molar-refractivity contribution < 1.29 is 14.6 Å². The summed E-state index contributed by atoms with van der Waals surface area (Å²) in [6.45, 7) is 1.98. The number of hydrogen-bond acceptors (Lipinski definition) is 3. The zero-order chi connectivity index (χ0) is 11.5. The lowest BCUT2D eigenvalue weighted by Gasteiger charge is -2.18. The maximum Gasteiger partial charge on any atom is 0.335 e. The zero-order valence-electron chi connectivity index (χ0n) is 9.27. The molecule has 0 aliphatic carbocycles. The van der Waals surface area contributed by atoms with Gasteiger partial charge in [-0.15, -0.1) is 0 Å². The maximum atomic E-state index is 11.0. The molecule has 0 bridgehead atoms. The number of anilines is 1. The van der Waals surface area contributed by atoms with E-state index >= 15 is 0 Å². The highest BCUT2D eigenvalue weighted by Gasteiger charge is 2.15. The molecule has 0 radical (unpaired) electrons. The fourth-order valence-electron chi connectivity index (χ4n) is 1.98. The van der Waals surface area contributed by atoms with E-state index < -0.39 is 5.97 Å². The van der Waals surface area contributed by atoms with Gasteiger partial charge in [-0.3, -0.25) is 0 Å². The van der Waals surface area contributed by atoms with Crippen LogP contribution in [0.5, 0.6) is 5.75 Å². The summed E-state index contributed by atoms with van der Waals surface area (Å²) in [4.78, 5) is 13.2. The van der Waals surface area contributed by atoms with E-state index in [1.165, 1.54) is 12.8 Å². The van der Waals surface area contributed by atoms with Gasteiger partial charge < -0.3 is 14.7 Å². The average Bonchev–Trinajstić information content (AvgIpc) is 2.81. The Hall–Kier alpha value is -1.71. The predicted molar refractivity (Wildman–Crippen MR) is 61.4 cm³/mol. The quantitative estimate of drug-likeness (QED) is 0.848. The van der Waals surface area contributed by atoms with Crippen molar-refractivity contribution in [3.8, 4) is 5.75 Å². The van der Waals surface area contributed by atoms with E-state index in [-0.39, 0.29) is 5.56 Å². The monoisotopic (exact) mass is 221 g/mol. The van der Waals surface area contributed by atoms with Gasteiger partial charge in [-0.05, 0) is 25.0 Å². The molecule has 86 valence electrons. The Kier molecular flexibility index (Phi) is 2.99. The molecule has 2 rings (SSSR count). The molecular weight excluding hydrogens is 206 g/mol. The molecule has 4 heteroatoms. The second-order valence-corrected chi connectivity index (χ2v) is 3.92. The third-order valence-electron chi connectivity index (χ3n) is 2.85. The number of carbonyl (C=O) groups is 1. The van der Waals surface area contributed by atoms with E-state index in [1.54, 1.807) is 19.2 Å². The summed E-state index contributed by atoms with van der Waals surface area (Å²) in [6, 6.07) is 5.13. The fraction of sp³-hybridized carbons (Fsp3) is 0.417. The molecule has 16 heavy (non-hydrogen) atoms. The maximum absolute atomic E-state index is 11.0. The summed E-state index contributed by atoms with van der Waals surface area (Å²) in [7, 11) is 1.55. The Labute approximate surface area is 94.4 Å². The minimum absolute atomic E-state index is 0.279. The molecule has 0 unspecified atom stereocenters. The molecule has 0 amide bonds. The van der Waals surface area contributed by atoms with Gasteiger partial charge in [0, 0.05) is 24.8 Å². The molecule has 1 saturated heterocycles. The molecule has 0 saturated carbocycles. The number of rotatable bonds is 3. The Morgan fingerprint density at radius 2 is 2.00 bits per heavy atom. The third-order valence-corrected chi connectivity index (χ3v) is 2.85. The summed E-state index contributed by atoms with van der Waals surface area (Å²) in [5, 5.41) is 9.00. The molecule has 4 nitrogen and oxygen atoms in total. The average molecular weight is 221 g/mol. The first-order valence-electron chi connectivity index (χ1n) is 5.38. The van der Waals surface area contributed by atoms with Crippen LogP contribution in [0.25, 0.3) is 0 Å². The predicted octanol–water partition coefficient (Wildman–Crippen LogP) is 1.99. The summed E-state index contributed by atoms with van der Waals surface area (Å²) in [5.41, 5.74) is 1.22. The Balaban J connectivity index is 2.35. The largest absolute Gasteiger partial charge is 0.497 e. The SMILES string of the molecule is COc1cc(C(=O)O)cc(N2CCCC2)c1. The number of benzene rings is 1. The molecule has 0 aromatic heterocycles.